The van der Waals surface area contributed by atoms with Gasteiger partial charge in [-0.1, -0.05) is 19.9 Å². The number of hydrogen-bond acceptors (Lipinski definition) is 6. The van der Waals surface area contributed by atoms with E-state index in [1.165, 1.54) is 6.08 Å². The maximum absolute atomic E-state index is 12.6. The number of alkyl halides is 3. The first-order valence-electron chi connectivity index (χ1n) is 9.59. The summed E-state index contributed by atoms with van der Waals surface area (Å²) in [5.74, 6) is -0.516. The number of rotatable bonds is 5. The topological polar surface area (TPSA) is 89.9 Å². The van der Waals surface area contributed by atoms with Gasteiger partial charge in [0.25, 0.3) is 0 Å². The first-order valence-corrected chi connectivity index (χ1v) is 11.0. The third-order valence-corrected chi connectivity index (χ3v) is 7.83. The van der Waals surface area contributed by atoms with Crippen molar-refractivity contribution in [2.24, 2.45) is 23.2 Å². The average Bonchev–Trinajstić information content (AvgIpc) is 2.96. The summed E-state index contributed by atoms with van der Waals surface area (Å²) < 4.78 is 70.2. The fraction of sp³-hybridized carbons (Fsp3) is 0.737. The van der Waals surface area contributed by atoms with Gasteiger partial charge < -0.3 is 14.0 Å². The molecule has 3 aliphatic rings. The molecule has 0 spiro atoms. The molecule has 1 heterocycles. The molecule has 0 unspecified atom stereocenters. The Balaban J connectivity index is 1.73. The molecule has 5 atom stereocenters. The maximum atomic E-state index is 12.6. The van der Waals surface area contributed by atoms with E-state index in [-0.39, 0.29) is 53.6 Å². The number of ether oxygens (including phenoxy) is 1. The molecule has 1 N–H and O–H groups in total. The van der Waals surface area contributed by atoms with Crippen LogP contribution in [-0.2, 0) is 23.8 Å². The van der Waals surface area contributed by atoms with Crippen LogP contribution in [0.3, 0.4) is 0 Å². The van der Waals surface area contributed by atoms with Crippen LogP contribution >= 0.6 is 0 Å². The molecule has 3 rings (SSSR count). The summed E-state index contributed by atoms with van der Waals surface area (Å²) >= 11 is 0. The molecular formula is C19H25F3O6S. The Morgan fingerprint density at radius 1 is 1.34 bits per heavy atom. The minimum Gasteiger partial charge on any atom is -0.458 e. The molecule has 2 aliphatic carbocycles. The molecule has 0 aromatic rings. The van der Waals surface area contributed by atoms with Crippen LogP contribution in [0.25, 0.3) is 0 Å². The number of cyclic esters (lactones) is 1. The molecule has 0 aromatic carbocycles. The van der Waals surface area contributed by atoms with Gasteiger partial charge in [-0.05, 0) is 48.5 Å². The van der Waals surface area contributed by atoms with E-state index >= 15 is 0 Å². The number of aliphatic hydroxyl groups is 1. The predicted molar refractivity (Wildman–Crippen MR) is 96.5 cm³/mol. The fourth-order valence-corrected chi connectivity index (χ4v) is 5.60. The van der Waals surface area contributed by atoms with Crippen molar-refractivity contribution in [3.8, 4) is 0 Å². The Labute approximate surface area is 167 Å². The second-order valence-corrected chi connectivity index (χ2v) is 9.91. The van der Waals surface area contributed by atoms with Crippen LogP contribution in [0.1, 0.15) is 46.0 Å². The molecule has 1 saturated carbocycles. The highest BCUT2D eigenvalue weighted by Crippen LogP contribution is 2.58. The molecule has 0 amide bonds. The predicted octanol–water partition coefficient (Wildman–Crippen LogP) is 3.43. The molecule has 164 valence electrons. The highest BCUT2D eigenvalue weighted by Gasteiger charge is 2.53. The van der Waals surface area contributed by atoms with Crippen LogP contribution in [-0.4, -0.2) is 37.7 Å². The van der Waals surface area contributed by atoms with Crippen molar-refractivity contribution in [1.82, 2.24) is 0 Å². The maximum Gasteiger partial charge on any atom is 0.534 e. The van der Waals surface area contributed by atoms with Crippen LogP contribution in [0.5, 0.6) is 0 Å². The van der Waals surface area contributed by atoms with Gasteiger partial charge in [-0.2, -0.15) is 21.6 Å². The van der Waals surface area contributed by atoms with E-state index in [4.69, 9.17) is 9.84 Å². The fourth-order valence-electron chi connectivity index (χ4n) is 5.09. The molecule has 29 heavy (non-hydrogen) atoms. The Morgan fingerprint density at radius 3 is 2.62 bits per heavy atom. The van der Waals surface area contributed by atoms with Gasteiger partial charge in [0.15, 0.2) is 0 Å². The van der Waals surface area contributed by atoms with E-state index in [0.29, 0.717) is 12.8 Å². The number of fused-ring (bicyclic) bond motifs is 1. The number of halogens is 3. The lowest BCUT2D eigenvalue weighted by molar-refractivity contribution is -0.151. The van der Waals surface area contributed by atoms with Gasteiger partial charge in [-0.3, -0.25) is 0 Å². The Hall–Kier alpha value is -1.55. The third kappa shape index (κ3) is 4.05. The highest BCUT2D eigenvalue weighted by atomic mass is 32.2. The molecule has 0 radical (unpaired) electrons. The van der Waals surface area contributed by atoms with Crippen molar-refractivity contribution in [1.29, 1.82) is 0 Å². The molecule has 1 aliphatic heterocycles. The van der Waals surface area contributed by atoms with Crippen LogP contribution in [0.15, 0.2) is 23.5 Å². The molecule has 0 bridgehead atoms. The second kappa shape index (κ2) is 7.61. The van der Waals surface area contributed by atoms with Gasteiger partial charge in [0, 0.05) is 12.8 Å². The molecule has 0 aromatic heterocycles. The monoisotopic (exact) mass is 438 g/mol. The largest absolute Gasteiger partial charge is 0.534 e. The Bertz CT molecular complexity index is 831. The first kappa shape index (κ1) is 22.1. The van der Waals surface area contributed by atoms with Crippen LogP contribution in [0.4, 0.5) is 13.2 Å². The highest BCUT2D eigenvalue weighted by molar-refractivity contribution is 7.87. The van der Waals surface area contributed by atoms with Gasteiger partial charge in [0.05, 0.1) is 12.2 Å². The number of carbonyl (C=O) groups is 1. The van der Waals surface area contributed by atoms with Crippen LogP contribution in [0.2, 0.25) is 0 Å². The van der Waals surface area contributed by atoms with Gasteiger partial charge in [-0.25, -0.2) is 4.79 Å². The van der Waals surface area contributed by atoms with Gasteiger partial charge in [-0.15, -0.1) is 0 Å². The van der Waals surface area contributed by atoms with E-state index in [9.17, 15) is 26.4 Å². The zero-order chi connectivity index (χ0) is 21.6. The lowest BCUT2D eigenvalue weighted by Crippen LogP contribution is -2.41. The average molecular weight is 438 g/mol. The SMILES string of the molecule is C[C@@H]([C@H]1CC[C@H]2CC(OS(=O)(=O)C(F)(F)F)=CC[C@@]21C)[C@H]1CC=C(CO)C(=O)O1. The van der Waals surface area contributed by atoms with Crippen molar-refractivity contribution in [3.63, 3.8) is 0 Å². The Morgan fingerprint density at radius 2 is 2.03 bits per heavy atom. The Kier molecular flexibility index (Phi) is 5.81. The normalized spacial score (nSPS) is 34.0. The van der Waals surface area contributed by atoms with E-state index in [2.05, 4.69) is 11.1 Å². The lowest BCUT2D eigenvalue weighted by Gasteiger charge is -2.43. The van der Waals surface area contributed by atoms with Crippen LogP contribution in [0, 0.1) is 23.2 Å². The van der Waals surface area contributed by atoms with Crippen molar-refractivity contribution >= 4 is 16.1 Å². The summed E-state index contributed by atoms with van der Waals surface area (Å²) in [7, 11) is -5.66. The summed E-state index contributed by atoms with van der Waals surface area (Å²) in [4.78, 5) is 11.9. The minimum absolute atomic E-state index is 0.0128. The zero-order valence-electron chi connectivity index (χ0n) is 16.2. The molecule has 10 heteroatoms. The molecular weight excluding hydrogens is 413 g/mol. The minimum atomic E-state index is -5.66. The van der Waals surface area contributed by atoms with Crippen molar-refractivity contribution in [2.45, 2.75) is 57.6 Å². The summed E-state index contributed by atoms with van der Waals surface area (Å²) in [6.07, 6.45) is 5.38. The smallest absolute Gasteiger partial charge is 0.458 e. The summed E-state index contributed by atoms with van der Waals surface area (Å²) in [6, 6.07) is 0. The van der Waals surface area contributed by atoms with Crippen molar-refractivity contribution < 1.29 is 40.4 Å². The quantitative estimate of drug-likeness (QED) is 0.402. The van der Waals surface area contributed by atoms with Crippen molar-refractivity contribution in [3.05, 3.63) is 23.5 Å². The van der Waals surface area contributed by atoms with Gasteiger partial charge >= 0.3 is 21.6 Å². The lowest BCUT2D eigenvalue weighted by atomic mass is 9.63. The van der Waals surface area contributed by atoms with Gasteiger partial charge in [0.1, 0.15) is 11.9 Å². The van der Waals surface area contributed by atoms with Crippen molar-refractivity contribution in [2.75, 3.05) is 6.61 Å². The standard InChI is InChI=1S/C19H25F3O6S/c1-11(16-6-3-12(10-23)17(24)27-16)15-5-4-13-9-14(7-8-18(13,15)2)28-29(25,26)19(20,21)22/h3,7,11,13,15-16,23H,4-6,8-10H2,1-2H3/t11-,13-,15+,16+,18-/m0/s1. The molecule has 6 nitrogen and oxygen atoms in total. The number of aliphatic hydroxyl groups excluding tert-OH is 1. The number of allylic oxidation sites excluding steroid dienone is 2. The molecule has 0 saturated heterocycles. The third-order valence-electron chi connectivity index (χ3n) is 6.83. The summed E-state index contributed by atoms with van der Waals surface area (Å²) in [5, 5.41) is 9.15. The zero-order valence-corrected chi connectivity index (χ0v) is 17.1. The van der Waals surface area contributed by atoms with E-state index in [0.717, 1.165) is 12.8 Å². The van der Waals surface area contributed by atoms with E-state index in [1.807, 2.05) is 6.92 Å². The van der Waals surface area contributed by atoms with E-state index < -0.39 is 21.6 Å². The van der Waals surface area contributed by atoms with E-state index in [1.54, 1.807) is 6.08 Å². The second-order valence-electron chi connectivity index (χ2n) is 8.37. The molecule has 1 fully saturated rings. The first-order chi connectivity index (χ1) is 13.4. The summed E-state index contributed by atoms with van der Waals surface area (Å²) in [5.41, 5.74) is -5.45. The number of carbonyl (C=O) groups excluding carboxylic acids is 1. The number of esters is 1. The number of hydrogen-bond donors (Lipinski definition) is 1. The van der Waals surface area contributed by atoms with Crippen LogP contribution < -0.4 is 0 Å². The van der Waals surface area contributed by atoms with Gasteiger partial charge in [0.2, 0.25) is 0 Å². The summed E-state index contributed by atoms with van der Waals surface area (Å²) in [6.45, 7) is 3.69.